The summed E-state index contributed by atoms with van der Waals surface area (Å²) in [7, 11) is 0. The van der Waals surface area contributed by atoms with Crippen molar-refractivity contribution < 1.29 is 9.59 Å². The second kappa shape index (κ2) is 6.89. The number of halogens is 1. The zero-order valence-electron chi connectivity index (χ0n) is 13.2. The molecule has 3 N–H and O–H groups in total. The molecule has 0 bridgehead atoms. The number of nitrogens with zero attached hydrogens (tertiary/aromatic N) is 2. The number of aryl methyl sites for hydroxylation is 1. The van der Waals surface area contributed by atoms with E-state index in [1.54, 1.807) is 43.5 Å². The molecule has 0 spiro atoms. The molecule has 2 amide bonds. The number of hydrogen-bond donors (Lipinski definition) is 3. The molecule has 0 saturated carbocycles. The zero-order valence-corrected chi connectivity index (χ0v) is 14.8. The molecule has 0 saturated heterocycles. The maximum Gasteiger partial charge on any atom is 0.276 e. The van der Waals surface area contributed by atoms with Gasteiger partial charge in [0.1, 0.15) is 0 Å². The summed E-state index contributed by atoms with van der Waals surface area (Å²) in [6.45, 7) is 1.66. The molecule has 0 aliphatic rings. The Morgan fingerprint density at radius 1 is 1.24 bits per heavy atom. The van der Waals surface area contributed by atoms with Crippen molar-refractivity contribution >= 4 is 33.4 Å². The predicted octanol–water partition coefficient (Wildman–Crippen LogP) is 1.10. The van der Waals surface area contributed by atoms with Crippen LogP contribution in [0.5, 0.6) is 0 Å². The zero-order chi connectivity index (χ0) is 18.0. The third kappa shape index (κ3) is 3.45. The van der Waals surface area contributed by atoms with Crippen LogP contribution in [0.1, 0.15) is 21.6 Å². The van der Waals surface area contributed by atoms with E-state index in [-0.39, 0.29) is 17.5 Å². The fourth-order valence-electron chi connectivity index (χ4n) is 2.35. The highest BCUT2D eigenvalue weighted by Gasteiger charge is 2.15. The van der Waals surface area contributed by atoms with Crippen LogP contribution in [0.3, 0.4) is 0 Å². The molecular formula is C16H14BrN5O3. The molecule has 9 heteroatoms. The molecule has 0 unspecified atom stereocenters. The molecule has 0 fully saturated rings. The number of benzene rings is 1. The van der Waals surface area contributed by atoms with Gasteiger partial charge in [0.25, 0.3) is 11.5 Å². The van der Waals surface area contributed by atoms with Gasteiger partial charge in [-0.05, 0) is 35.0 Å². The van der Waals surface area contributed by atoms with Gasteiger partial charge in [0, 0.05) is 28.0 Å². The Balaban J connectivity index is 1.70. The number of fused-ring (bicyclic) bond motifs is 1. The molecule has 0 aliphatic heterocycles. The van der Waals surface area contributed by atoms with Crippen molar-refractivity contribution in [3.05, 3.63) is 68.2 Å². The van der Waals surface area contributed by atoms with Crippen LogP contribution < -0.4 is 16.4 Å². The average molecular weight is 404 g/mol. The minimum absolute atomic E-state index is 0.199. The van der Waals surface area contributed by atoms with Crippen LogP contribution in [-0.2, 0) is 11.2 Å². The lowest BCUT2D eigenvalue weighted by Crippen LogP contribution is -2.43. The number of aromatic nitrogens is 3. The number of carbonyl (C=O) groups excluding carboxylic acids is 2. The number of H-pyrrole nitrogens is 1. The van der Waals surface area contributed by atoms with E-state index in [2.05, 4.69) is 36.9 Å². The van der Waals surface area contributed by atoms with Crippen LogP contribution in [-0.4, -0.2) is 26.4 Å². The van der Waals surface area contributed by atoms with Gasteiger partial charge in [0.05, 0.1) is 12.0 Å². The van der Waals surface area contributed by atoms with Crippen LogP contribution in [0.2, 0.25) is 0 Å². The minimum atomic E-state index is -0.520. The van der Waals surface area contributed by atoms with Crippen molar-refractivity contribution in [1.29, 1.82) is 0 Å². The van der Waals surface area contributed by atoms with Crippen LogP contribution in [0.25, 0.3) is 5.65 Å². The standard InChI is InChI=1S/C16H14BrN5O3/c1-9-11(16(25)22-13(19-9)6-7-18-22)8-14(23)20-21-15(24)10-4-2-3-5-12(10)17/h2-7,18H,8H2,1H3,(H,20,23)(H,21,24). The number of carbonyl (C=O) groups is 2. The molecule has 3 rings (SSSR count). The number of rotatable bonds is 3. The van der Waals surface area contributed by atoms with Gasteiger partial charge in [-0.25, -0.2) is 9.50 Å². The minimum Gasteiger partial charge on any atom is -0.297 e. The summed E-state index contributed by atoms with van der Waals surface area (Å²) in [6, 6.07) is 8.49. The van der Waals surface area contributed by atoms with Gasteiger partial charge in [-0.15, -0.1) is 0 Å². The maximum absolute atomic E-state index is 12.4. The van der Waals surface area contributed by atoms with Crippen LogP contribution in [0.4, 0.5) is 0 Å². The fourth-order valence-corrected chi connectivity index (χ4v) is 2.82. The molecule has 2 heterocycles. The van der Waals surface area contributed by atoms with Crippen molar-refractivity contribution in [3.8, 4) is 0 Å². The molecule has 128 valence electrons. The summed E-state index contributed by atoms with van der Waals surface area (Å²) in [5, 5.41) is 2.74. The predicted molar refractivity (Wildman–Crippen MR) is 94.0 cm³/mol. The molecule has 1 aromatic carbocycles. The monoisotopic (exact) mass is 403 g/mol. The Morgan fingerprint density at radius 2 is 2.00 bits per heavy atom. The average Bonchev–Trinajstić information content (AvgIpc) is 3.05. The summed E-state index contributed by atoms with van der Waals surface area (Å²) in [5.41, 5.74) is 5.88. The number of hydrazine groups is 1. The molecule has 3 aromatic rings. The second-order valence-electron chi connectivity index (χ2n) is 5.30. The number of amides is 2. The first-order valence-corrected chi connectivity index (χ1v) is 8.16. The molecule has 8 nitrogen and oxygen atoms in total. The summed E-state index contributed by atoms with van der Waals surface area (Å²) in [4.78, 5) is 40.8. The first-order valence-electron chi connectivity index (χ1n) is 7.36. The fraction of sp³-hybridized carbons (Fsp3) is 0.125. The van der Waals surface area contributed by atoms with Gasteiger partial charge in [-0.1, -0.05) is 12.1 Å². The van der Waals surface area contributed by atoms with E-state index in [0.717, 1.165) is 0 Å². The van der Waals surface area contributed by atoms with E-state index in [1.165, 1.54) is 4.52 Å². The van der Waals surface area contributed by atoms with Crippen LogP contribution in [0, 0.1) is 6.92 Å². The van der Waals surface area contributed by atoms with Gasteiger partial charge in [-0.2, -0.15) is 0 Å². The number of nitrogens with one attached hydrogen (secondary N) is 3. The topological polar surface area (TPSA) is 108 Å². The number of hydrogen-bond acceptors (Lipinski definition) is 4. The Labute approximate surface area is 150 Å². The summed E-state index contributed by atoms with van der Waals surface area (Å²) >= 11 is 3.27. The van der Waals surface area contributed by atoms with Crippen LogP contribution >= 0.6 is 15.9 Å². The molecule has 25 heavy (non-hydrogen) atoms. The highest BCUT2D eigenvalue weighted by atomic mass is 79.9. The molecule has 2 aromatic heterocycles. The van der Waals surface area contributed by atoms with Crippen molar-refractivity contribution in [2.24, 2.45) is 0 Å². The smallest absolute Gasteiger partial charge is 0.276 e. The SMILES string of the molecule is Cc1nc2cc[nH]n2c(=O)c1CC(=O)NNC(=O)c1ccccc1Br. The van der Waals surface area contributed by atoms with Gasteiger partial charge in [-0.3, -0.25) is 30.3 Å². The van der Waals surface area contributed by atoms with Crippen molar-refractivity contribution in [3.63, 3.8) is 0 Å². The molecule has 0 radical (unpaired) electrons. The maximum atomic E-state index is 12.4. The van der Waals surface area contributed by atoms with E-state index in [4.69, 9.17) is 0 Å². The Bertz CT molecular complexity index is 1020. The van der Waals surface area contributed by atoms with E-state index in [0.29, 0.717) is 21.4 Å². The molecular weight excluding hydrogens is 390 g/mol. The third-order valence-corrected chi connectivity index (χ3v) is 4.31. The Morgan fingerprint density at radius 3 is 2.76 bits per heavy atom. The summed E-state index contributed by atoms with van der Waals surface area (Å²) < 4.78 is 1.87. The summed E-state index contributed by atoms with van der Waals surface area (Å²) in [5.74, 6) is -0.985. The second-order valence-corrected chi connectivity index (χ2v) is 6.15. The molecule has 0 aliphatic carbocycles. The highest BCUT2D eigenvalue weighted by Crippen LogP contribution is 2.15. The van der Waals surface area contributed by atoms with Gasteiger partial charge >= 0.3 is 0 Å². The lowest BCUT2D eigenvalue weighted by atomic mass is 10.1. The Hall–Kier alpha value is -2.94. The van der Waals surface area contributed by atoms with Crippen molar-refractivity contribution in [2.45, 2.75) is 13.3 Å². The lowest BCUT2D eigenvalue weighted by Gasteiger charge is -2.09. The largest absolute Gasteiger partial charge is 0.297 e. The van der Waals surface area contributed by atoms with Gasteiger partial charge in [0.15, 0.2) is 5.65 Å². The summed E-state index contributed by atoms with van der Waals surface area (Å²) in [6.07, 6.45) is 1.39. The highest BCUT2D eigenvalue weighted by molar-refractivity contribution is 9.10. The quantitative estimate of drug-likeness (QED) is 0.568. The van der Waals surface area contributed by atoms with E-state index in [1.807, 2.05) is 0 Å². The van der Waals surface area contributed by atoms with E-state index >= 15 is 0 Å². The van der Waals surface area contributed by atoms with Gasteiger partial charge < -0.3 is 0 Å². The van der Waals surface area contributed by atoms with E-state index in [9.17, 15) is 14.4 Å². The lowest BCUT2D eigenvalue weighted by molar-refractivity contribution is -0.121. The van der Waals surface area contributed by atoms with Crippen LogP contribution in [0.15, 0.2) is 45.8 Å². The third-order valence-electron chi connectivity index (χ3n) is 3.62. The first-order chi connectivity index (χ1) is 12.0. The normalized spacial score (nSPS) is 10.6. The molecule has 0 atom stereocenters. The Kier molecular flexibility index (Phi) is 4.66. The first kappa shape index (κ1) is 16.9. The van der Waals surface area contributed by atoms with E-state index < -0.39 is 11.8 Å². The number of aromatic amines is 1. The van der Waals surface area contributed by atoms with Crippen molar-refractivity contribution in [2.75, 3.05) is 0 Å². The van der Waals surface area contributed by atoms with Gasteiger partial charge in [0.2, 0.25) is 5.91 Å². The van der Waals surface area contributed by atoms with Crippen molar-refractivity contribution in [1.82, 2.24) is 25.4 Å².